The number of piperidine rings is 1. The van der Waals surface area contributed by atoms with Crippen molar-refractivity contribution in [2.75, 3.05) is 31.1 Å². The zero-order valence-electron chi connectivity index (χ0n) is 12.9. The first-order valence-electron chi connectivity index (χ1n) is 7.99. The van der Waals surface area contributed by atoms with Crippen LogP contribution in [0.25, 0.3) is 0 Å². The number of pyridine rings is 1. The molecule has 1 aromatic rings. The maximum Gasteiger partial charge on any atom is 0.337 e. The second-order valence-electron chi connectivity index (χ2n) is 6.13. The summed E-state index contributed by atoms with van der Waals surface area (Å²) in [4.78, 5) is 31.6. The molecule has 1 N–H and O–H groups in total. The first-order valence-corrected chi connectivity index (χ1v) is 8.36. The molecule has 2 saturated heterocycles. The SMILES string of the molecule is O=C(O)c1cnc(N2CCC(C(=O)N3CCCC3)CC2)c(Cl)c1. The van der Waals surface area contributed by atoms with E-state index >= 15 is 0 Å². The highest BCUT2D eigenvalue weighted by molar-refractivity contribution is 6.33. The molecule has 3 rings (SSSR count). The number of hydrogen-bond acceptors (Lipinski definition) is 4. The van der Waals surface area contributed by atoms with Crippen LogP contribution in [0.2, 0.25) is 5.02 Å². The molecule has 0 radical (unpaired) electrons. The zero-order chi connectivity index (χ0) is 16.4. The first-order chi connectivity index (χ1) is 11.1. The minimum atomic E-state index is -1.04. The molecule has 1 aromatic heterocycles. The van der Waals surface area contributed by atoms with Crippen LogP contribution in [-0.4, -0.2) is 53.0 Å². The molecule has 2 aliphatic heterocycles. The van der Waals surface area contributed by atoms with Gasteiger partial charge in [0.15, 0.2) is 0 Å². The fourth-order valence-electron chi connectivity index (χ4n) is 3.31. The van der Waals surface area contributed by atoms with Gasteiger partial charge in [0, 0.05) is 38.3 Å². The minimum absolute atomic E-state index is 0.0813. The Morgan fingerprint density at radius 1 is 1.17 bits per heavy atom. The molecule has 1 amide bonds. The van der Waals surface area contributed by atoms with E-state index in [0.717, 1.165) is 38.8 Å². The molecule has 0 spiro atoms. The number of halogens is 1. The van der Waals surface area contributed by atoms with Gasteiger partial charge in [0.2, 0.25) is 5.91 Å². The van der Waals surface area contributed by atoms with Gasteiger partial charge < -0.3 is 14.9 Å². The summed E-state index contributed by atoms with van der Waals surface area (Å²) in [5.74, 6) is -0.0755. The van der Waals surface area contributed by atoms with E-state index in [1.165, 1.54) is 12.3 Å². The Balaban J connectivity index is 1.62. The molecule has 23 heavy (non-hydrogen) atoms. The standard InChI is InChI=1S/C16H20ClN3O3/c17-13-9-12(16(22)23)10-18-14(13)19-7-3-11(4-8-19)15(21)20-5-1-2-6-20/h9-11H,1-8H2,(H,22,23). The van der Waals surface area contributed by atoms with Gasteiger partial charge in [0.25, 0.3) is 0 Å². The van der Waals surface area contributed by atoms with Gasteiger partial charge in [-0.1, -0.05) is 11.6 Å². The lowest BCUT2D eigenvalue weighted by atomic mass is 9.95. The van der Waals surface area contributed by atoms with Gasteiger partial charge in [-0.3, -0.25) is 4.79 Å². The van der Waals surface area contributed by atoms with E-state index < -0.39 is 5.97 Å². The average molecular weight is 338 g/mol. The van der Waals surface area contributed by atoms with Crippen molar-refractivity contribution in [2.24, 2.45) is 5.92 Å². The number of likely N-dealkylation sites (tertiary alicyclic amines) is 1. The quantitative estimate of drug-likeness (QED) is 0.916. The second-order valence-corrected chi connectivity index (χ2v) is 6.54. The number of anilines is 1. The Kier molecular flexibility index (Phi) is 4.71. The number of hydrogen-bond donors (Lipinski definition) is 1. The smallest absolute Gasteiger partial charge is 0.337 e. The number of carbonyl (C=O) groups excluding carboxylic acids is 1. The molecule has 0 saturated carbocycles. The Labute approximate surface area is 140 Å². The van der Waals surface area contributed by atoms with Crippen LogP contribution >= 0.6 is 11.6 Å². The third kappa shape index (κ3) is 3.42. The number of carboxylic acid groups (broad SMARTS) is 1. The predicted octanol–water partition coefficient (Wildman–Crippen LogP) is 2.27. The molecule has 124 valence electrons. The van der Waals surface area contributed by atoms with E-state index in [-0.39, 0.29) is 17.4 Å². The maximum absolute atomic E-state index is 12.4. The Bertz CT molecular complexity index is 609. The van der Waals surface area contributed by atoms with E-state index in [4.69, 9.17) is 16.7 Å². The third-order valence-corrected chi connectivity index (χ3v) is 4.91. The van der Waals surface area contributed by atoms with Crippen LogP contribution in [0.4, 0.5) is 5.82 Å². The minimum Gasteiger partial charge on any atom is -0.478 e. The largest absolute Gasteiger partial charge is 0.478 e. The average Bonchev–Trinajstić information content (AvgIpc) is 3.08. The number of nitrogens with zero attached hydrogens (tertiary/aromatic N) is 3. The lowest BCUT2D eigenvalue weighted by Crippen LogP contribution is -2.42. The van der Waals surface area contributed by atoms with E-state index in [1.54, 1.807) is 0 Å². The van der Waals surface area contributed by atoms with Crippen molar-refractivity contribution in [2.45, 2.75) is 25.7 Å². The molecule has 0 bridgehead atoms. The molecule has 0 aliphatic carbocycles. The zero-order valence-corrected chi connectivity index (χ0v) is 13.6. The number of rotatable bonds is 3. The van der Waals surface area contributed by atoms with Crippen LogP contribution in [0.15, 0.2) is 12.3 Å². The summed E-state index contributed by atoms with van der Waals surface area (Å²) in [6.07, 6.45) is 5.12. The molecular formula is C16H20ClN3O3. The number of carboxylic acids is 1. The molecule has 0 atom stereocenters. The van der Waals surface area contributed by atoms with Gasteiger partial charge in [-0.25, -0.2) is 9.78 Å². The normalized spacial score (nSPS) is 19.2. The van der Waals surface area contributed by atoms with Crippen molar-refractivity contribution in [1.82, 2.24) is 9.88 Å². The van der Waals surface area contributed by atoms with Gasteiger partial charge in [0.05, 0.1) is 10.6 Å². The second kappa shape index (κ2) is 6.74. The first kappa shape index (κ1) is 16.1. The fraction of sp³-hybridized carbons (Fsp3) is 0.562. The van der Waals surface area contributed by atoms with E-state index in [1.807, 2.05) is 9.80 Å². The summed E-state index contributed by atoms with van der Waals surface area (Å²) in [5, 5.41) is 9.30. The number of aromatic nitrogens is 1. The molecule has 6 nitrogen and oxygen atoms in total. The van der Waals surface area contributed by atoms with Crippen molar-refractivity contribution < 1.29 is 14.7 Å². The topological polar surface area (TPSA) is 73.7 Å². The van der Waals surface area contributed by atoms with E-state index in [9.17, 15) is 9.59 Å². The molecule has 2 fully saturated rings. The monoisotopic (exact) mass is 337 g/mol. The fourth-order valence-corrected chi connectivity index (χ4v) is 3.60. The third-order valence-electron chi connectivity index (χ3n) is 4.63. The van der Waals surface area contributed by atoms with Gasteiger partial charge in [-0.15, -0.1) is 0 Å². The number of carbonyl (C=O) groups is 2. The van der Waals surface area contributed by atoms with Crippen LogP contribution < -0.4 is 4.90 Å². The van der Waals surface area contributed by atoms with Crippen molar-refractivity contribution in [3.63, 3.8) is 0 Å². The van der Waals surface area contributed by atoms with Crippen molar-refractivity contribution in [3.05, 3.63) is 22.8 Å². The molecule has 0 aromatic carbocycles. The summed E-state index contributed by atoms with van der Waals surface area (Å²) >= 11 is 6.17. The van der Waals surface area contributed by atoms with Gasteiger partial charge in [-0.2, -0.15) is 0 Å². The molecule has 2 aliphatic rings. The highest BCUT2D eigenvalue weighted by atomic mass is 35.5. The predicted molar refractivity (Wildman–Crippen MR) is 87.0 cm³/mol. The maximum atomic E-state index is 12.4. The number of amides is 1. The molecular weight excluding hydrogens is 318 g/mol. The van der Waals surface area contributed by atoms with Crippen LogP contribution in [0.3, 0.4) is 0 Å². The Morgan fingerprint density at radius 2 is 1.83 bits per heavy atom. The highest BCUT2D eigenvalue weighted by Gasteiger charge is 2.30. The van der Waals surface area contributed by atoms with Crippen LogP contribution in [0.5, 0.6) is 0 Å². The van der Waals surface area contributed by atoms with Crippen LogP contribution in [0.1, 0.15) is 36.0 Å². The van der Waals surface area contributed by atoms with Crippen LogP contribution in [0, 0.1) is 5.92 Å². The lowest BCUT2D eigenvalue weighted by molar-refractivity contribution is -0.135. The molecule has 7 heteroatoms. The summed E-state index contributed by atoms with van der Waals surface area (Å²) in [5.41, 5.74) is 0.0813. The van der Waals surface area contributed by atoms with E-state index in [2.05, 4.69) is 4.98 Å². The van der Waals surface area contributed by atoms with Crippen LogP contribution in [-0.2, 0) is 4.79 Å². The van der Waals surface area contributed by atoms with Gasteiger partial charge in [-0.05, 0) is 31.7 Å². The summed E-state index contributed by atoms with van der Waals surface area (Å²) in [6, 6.07) is 1.42. The Hall–Kier alpha value is -1.82. The highest BCUT2D eigenvalue weighted by Crippen LogP contribution is 2.29. The number of aromatic carboxylic acids is 1. The molecule has 0 unspecified atom stereocenters. The van der Waals surface area contributed by atoms with E-state index in [0.29, 0.717) is 23.9 Å². The van der Waals surface area contributed by atoms with Gasteiger partial charge in [0.1, 0.15) is 5.82 Å². The summed E-state index contributed by atoms with van der Waals surface area (Å²) < 4.78 is 0. The lowest BCUT2D eigenvalue weighted by Gasteiger charge is -2.34. The summed E-state index contributed by atoms with van der Waals surface area (Å²) in [7, 11) is 0. The Morgan fingerprint density at radius 3 is 2.39 bits per heavy atom. The van der Waals surface area contributed by atoms with Crippen molar-refractivity contribution in [1.29, 1.82) is 0 Å². The van der Waals surface area contributed by atoms with Gasteiger partial charge >= 0.3 is 5.97 Å². The van der Waals surface area contributed by atoms with Crippen molar-refractivity contribution >= 4 is 29.3 Å². The van der Waals surface area contributed by atoms with Crippen molar-refractivity contribution in [3.8, 4) is 0 Å². The molecule has 3 heterocycles. The summed E-state index contributed by atoms with van der Waals surface area (Å²) in [6.45, 7) is 3.21.